The summed E-state index contributed by atoms with van der Waals surface area (Å²) in [6.45, 7) is 7.05. The number of carbonyl (C=O) groups is 1. The normalized spacial score (nSPS) is 40.4. The minimum Gasteiger partial charge on any atom is -0.481 e. The van der Waals surface area contributed by atoms with Crippen LogP contribution in [0.2, 0.25) is 0 Å². The highest BCUT2D eigenvalue weighted by Gasteiger charge is 2.45. The number of hydrogen-bond donors (Lipinski definition) is 1. The summed E-state index contributed by atoms with van der Waals surface area (Å²) in [5.41, 5.74) is -0.654. The molecule has 92 valence electrons. The van der Waals surface area contributed by atoms with Gasteiger partial charge in [-0.05, 0) is 25.7 Å². The first-order valence-electron chi connectivity index (χ1n) is 6.09. The topological polar surface area (TPSA) is 49.8 Å². The summed E-state index contributed by atoms with van der Waals surface area (Å²) in [7, 11) is 0. The molecule has 0 saturated carbocycles. The fourth-order valence-electron chi connectivity index (χ4n) is 2.96. The molecule has 16 heavy (non-hydrogen) atoms. The Hall–Kier alpha value is -0.610. The average molecular weight is 227 g/mol. The number of hydrogen-bond acceptors (Lipinski definition) is 3. The van der Waals surface area contributed by atoms with Gasteiger partial charge in [-0.2, -0.15) is 0 Å². The van der Waals surface area contributed by atoms with Crippen molar-refractivity contribution in [3.63, 3.8) is 0 Å². The highest BCUT2D eigenvalue weighted by Crippen LogP contribution is 2.33. The molecule has 0 amide bonds. The maximum Gasteiger partial charge on any atom is 0.313 e. The molecule has 0 aromatic rings. The van der Waals surface area contributed by atoms with Crippen LogP contribution in [0, 0.1) is 11.3 Å². The van der Waals surface area contributed by atoms with Crippen molar-refractivity contribution in [2.45, 2.75) is 32.7 Å². The molecule has 2 fully saturated rings. The van der Waals surface area contributed by atoms with Gasteiger partial charge in [-0.25, -0.2) is 0 Å². The van der Waals surface area contributed by atoms with Crippen molar-refractivity contribution in [2.24, 2.45) is 11.3 Å². The average Bonchev–Trinajstić information content (AvgIpc) is 2.76. The van der Waals surface area contributed by atoms with Gasteiger partial charge in [0.1, 0.15) is 5.41 Å². The van der Waals surface area contributed by atoms with E-state index in [9.17, 15) is 9.90 Å². The van der Waals surface area contributed by atoms with Gasteiger partial charge in [0.25, 0.3) is 0 Å². The van der Waals surface area contributed by atoms with E-state index < -0.39 is 11.4 Å². The summed E-state index contributed by atoms with van der Waals surface area (Å²) < 4.78 is 5.29. The van der Waals surface area contributed by atoms with Crippen molar-refractivity contribution in [1.29, 1.82) is 0 Å². The van der Waals surface area contributed by atoms with Gasteiger partial charge in [0.15, 0.2) is 0 Å². The maximum absolute atomic E-state index is 11.4. The second-order valence-electron chi connectivity index (χ2n) is 5.51. The summed E-state index contributed by atoms with van der Waals surface area (Å²) in [4.78, 5) is 13.7. The van der Waals surface area contributed by atoms with Gasteiger partial charge in [0, 0.05) is 25.7 Å². The first-order chi connectivity index (χ1) is 7.53. The van der Waals surface area contributed by atoms with Crippen LogP contribution in [0.15, 0.2) is 0 Å². The van der Waals surface area contributed by atoms with Gasteiger partial charge < -0.3 is 9.84 Å². The molecule has 2 aliphatic rings. The summed E-state index contributed by atoms with van der Waals surface area (Å²) in [5, 5.41) is 9.37. The molecule has 4 heteroatoms. The number of aliphatic carboxylic acids is 1. The lowest BCUT2D eigenvalue weighted by Crippen LogP contribution is -2.45. The van der Waals surface area contributed by atoms with E-state index in [0.29, 0.717) is 38.1 Å². The van der Waals surface area contributed by atoms with Gasteiger partial charge in [-0.15, -0.1) is 0 Å². The zero-order valence-corrected chi connectivity index (χ0v) is 10.1. The van der Waals surface area contributed by atoms with Crippen molar-refractivity contribution in [1.82, 2.24) is 4.90 Å². The fraction of sp³-hybridized carbons (Fsp3) is 0.917. The van der Waals surface area contributed by atoms with Crippen LogP contribution in [0.3, 0.4) is 0 Å². The van der Waals surface area contributed by atoms with Gasteiger partial charge >= 0.3 is 5.97 Å². The Labute approximate surface area is 96.6 Å². The van der Waals surface area contributed by atoms with Gasteiger partial charge in [0.05, 0.1) is 6.61 Å². The highest BCUT2D eigenvalue weighted by atomic mass is 16.5. The molecule has 2 rings (SSSR count). The molecule has 4 nitrogen and oxygen atoms in total. The minimum atomic E-state index is -0.697. The van der Waals surface area contributed by atoms with E-state index >= 15 is 0 Å². The van der Waals surface area contributed by atoms with Crippen LogP contribution in [0.25, 0.3) is 0 Å². The SMILES string of the molecule is CC1CC(C)N(CC2(C(=O)O)CCOC2)C1. The molecule has 0 aromatic heterocycles. The van der Waals surface area contributed by atoms with Crippen LogP contribution in [0.1, 0.15) is 26.7 Å². The van der Waals surface area contributed by atoms with Crippen molar-refractivity contribution in [3.05, 3.63) is 0 Å². The Morgan fingerprint density at radius 3 is 2.75 bits per heavy atom. The van der Waals surface area contributed by atoms with E-state index in [-0.39, 0.29) is 0 Å². The number of likely N-dealkylation sites (tertiary alicyclic amines) is 1. The summed E-state index contributed by atoms with van der Waals surface area (Å²) in [5.74, 6) is -0.0140. The van der Waals surface area contributed by atoms with Crippen LogP contribution in [-0.2, 0) is 9.53 Å². The van der Waals surface area contributed by atoms with Crippen molar-refractivity contribution in [3.8, 4) is 0 Å². The number of carboxylic acid groups (broad SMARTS) is 1. The maximum atomic E-state index is 11.4. The lowest BCUT2D eigenvalue weighted by atomic mass is 9.86. The Morgan fingerprint density at radius 1 is 1.56 bits per heavy atom. The molecule has 1 N–H and O–H groups in total. The highest BCUT2D eigenvalue weighted by molar-refractivity contribution is 5.75. The van der Waals surface area contributed by atoms with E-state index in [1.165, 1.54) is 6.42 Å². The quantitative estimate of drug-likeness (QED) is 0.787. The monoisotopic (exact) mass is 227 g/mol. The molecule has 2 heterocycles. The van der Waals surface area contributed by atoms with E-state index in [1.807, 2.05) is 0 Å². The van der Waals surface area contributed by atoms with Crippen LogP contribution in [0.5, 0.6) is 0 Å². The summed E-state index contributed by atoms with van der Waals surface area (Å²) in [6.07, 6.45) is 1.83. The molecule has 0 aromatic carbocycles. The van der Waals surface area contributed by atoms with Crippen molar-refractivity contribution < 1.29 is 14.6 Å². The molecule has 3 unspecified atom stereocenters. The van der Waals surface area contributed by atoms with Crippen LogP contribution in [0.4, 0.5) is 0 Å². The molecular weight excluding hydrogens is 206 g/mol. The van der Waals surface area contributed by atoms with Crippen LogP contribution in [-0.4, -0.2) is 48.3 Å². The molecule has 3 atom stereocenters. The van der Waals surface area contributed by atoms with Gasteiger partial charge in [-0.1, -0.05) is 6.92 Å². The summed E-state index contributed by atoms with van der Waals surface area (Å²) >= 11 is 0. The molecule has 2 aliphatic heterocycles. The Morgan fingerprint density at radius 2 is 2.31 bits per heavy atom. The molecular formula is C12H21NO3. The zero-order chi connectivity index (χ0) is 11.8. The third-order valence-corrected chi connectivity index (χ3v) is 3.98. The van der Waals surface area contributed by atoms with Crippen LogP contribution < -0.4 is 0 Å². The number of rotatable bonds is 3. The standard InChI is InChI=1S/C12H21NO3/c1-9-5-10(2)13(6-9)7-12(11(14)15)3-4-16-8-12/h9-10H,3-8H2,1-2H3,(H,14,15). The third kappa shape index (κ3) is 2.09. The lowest BCUT2D eigenvalue weighted by molar-refractivity contribution is -0.150. The Bertz CT molecular complexity index is 273. The van der Waals surface area contributed by atoms with Crippen molar-refractivity contribution in [2.75, 3.05) is 26.3 Å². The zero-order valence-electron chi connectivity index (χ0n) is 10.1. The predicted molar refractivity (Wildman–Crippen MR) is 60.3 cm³/mol. The fourth-order valence-corrected chi connectivity index (χ4v) is 2.96. The number of ether oxygens (including phenoxy) is 1. The van der Waals surface area contributed by atoms with Gasteiger partial charge in [-0.3, -0.25) is 9.69 Å². The smallest absolute Gasteiger partial charge is 0.313 e. The molecule has 2 saturated heterocycles. The lowest BCUT2D eigenvalue weighted by Gasteiger charge is -2.30. The predicted octanol–water partition coefficient (Wildman–Crippen LogP) is 1.21. The minimum absolute atomic E-state index is 0.375. The first-order valence-corrected chi connectivity index (χ1v) is 6.09. The largest absolute Gasteiger partial charge is 0.481 e. The van der Waals surface area contributed by atoms with Crippen molar-refractivity contribution >= 4 is 5.97 Å². The van der Waals surface area contributed by atoms with E-state index in [2.05, 4.69) is 18.7 Å². The third-order valence-electron chi connectivity index (χ3n) is 3.98. The Balaban J connectivity index is 2.04. The second kappa shape index (κ2) is 4.34. The number of nitrogens with zero attached hydrogens (tertiary/aromatic N) is 1. The summed E-state index contributed by atoms with van der Waals surface area (Å²) in [6, 6.07) is 0.506. The van der Waals surface area contributed by atoms with Gasteiger partial charge in [0.2, 0.25) is 0 Å². The first kappa shape index (κ1) is 11.9. The van der Waals surface area contributed by atoms with Crippen LogP contribution >= 0.6 is 0 Å². The molecule has 0 aliphatic carbocycles. The molecule has 0 bridgehead atoms. The molecule has 0 radical (unpaired) electrons. The number of carboxylic acids is 1. The van der Waals surface area contributed by atoms with E-state index in [0.717, 1.165) is 6.54 Å². The Kier molecular flexibility index (Phi) is 3.22. The van der Waals surface area contributed by atoms with E-state index in [4.69, 9.17) is 4.74 Å². The second-order valence-corrected chi connectivity index (χ2v) is 5.51. The molecule has 0 spiro atoms. The van der Waals surface area contributed by atoms with E-state index in [1.54, 1.807) is 0 Å².